The third-order valence-corrected chi connectivity index (χ3v) is 2.68. The van der Waals surface area contributed by atoms with E-state index in [1.165, 1.54) is 0 Å². The Morgan fingerprint density at radius 2 is 2.00 bits per heavy atom. The Balaban J connectivity index is 2.78. The maximum Gasteiger partial charge on any atom is 0.176 e. The average molecular weight is 255 g/mol. The second-order valence-electron chi connectivity index (χ2n) is 3.58. The van der Waals surface area contributed by atoms with Crippen molar-refractivity contribution in [2.75, 3.05) is 19.5 Å². The van der Waals surface area contributed by atoms with E-state index in [9.17, 15) is 0 Å². The van der Waals surface area contributed by atoms with Crippen LogP contribution in [0.2, 0.25) is 5.02 Å². The van der Waals surface area contributed by atoms with Crippen LogP contribution in [0.4, 0.5) is 5.69 Å². The van der Waals surface area contributed by atoms with Crippen LogP contribution in [0.1, 0.15) is 12.5 Å². The lowest BCUT2D eigenvalue weighted by Gasteiger charge is -2.23. The SMILES string of the molecule is COC(OC)C(C)Nc1ccc(Cl)c(C#N)c1. The average Bonchev–Trinajstić information content (AvgIpc) is 2.33. The molecule has 0 saturated heterocycles. The van der Waals surface area contributed by atoms with Crippen molar-refractivity contribution in [1.82, 2.24) is 0 Å². The summed E-state index contributed by atoms with van der Waals surface area (Å²) < 4.78 is 10.3. The highest BCUT2D eigenvalue weighted by Gasteiger charge is 2.15. The number of nitrogens with zero attached hydrogens (tertiary/aromatic N) is 1. The largest absolute Gasteiger partial charge is 0.377 e. The summed E-state index contributed by atoms with van der Waals surface area (Å²) in [5.74, 6) is 0. The van der Waals surface area contributed by atoms with Gasteiger partial charge in [-0.2, -0.15) is 5.26 Å². The van der Waals surface area contributed by atoms with Crippen molar-refractivity contribution in [3.05, 3.63) is 28.8 Å². The third kappa shape index (κ3) is 3.60. The Bertz CT molecular complexity index is 413. The van der Waals surface area contributed by atoms with Gasteiger partial charge in [0.15, 0.2) is 6.29 Å². The number of anilines is 1. The number of hydrogen-bond acceptors (Lipinski definition) is 4. The van der Waals surface area contributed by atoms with E-state index in [1.54, 1.807) is 26.4 Å². The van der Waals surface area contributed by atoms with Crippen molar-refractivity contribution in [3.63, 3.8) is 0 Å². The summed E-state index contributed by atoms with van der Waals surface area (Å²) in [6.07, 6.45) is -0.351. The number of hydrogen-bond donors (Lipinski definition) is 1. The number of halogens is 1. The fourth-order valence-electron chi connectivity index (χ4n) is 1.54. The van der Waals surface area contributed by atoms with Gasteiger partial charge in [-0.1, -0.05) is 11.6 Å². The first-order chi connectivity index (χ1) is 8.12. The first kappa shape index (κ1) is 13.8. The van der Waals surface area contributed by atoms with Crippen LogP contribution in [0.3, 0.4) is 0 Å². The molecule has 1 rings (SSSR count). The lowest BCUT2D eigenvalue weighted by atomic mass is 10.2. The molecule has 1 aromatic rings. The monoisotopic (exact) mass is 254 g/mol. The van der Waals surface area contributed by atoms with E-state index in [2.05, 4.69) is 5.32 Å². The minimum Gasteiger partial charge on any atom is -0.377 e. The van der Waals surface area contributed by atoms with Crippen molar-refractivity contribution in [1.29, 1.82) is 5.26 Å². The molecule has 0 aliphatic heterocycles. The van der Waals surface area contributed by atoms with Gasteiger partial charge in [0.25, 0.3) is 0 Å². The normalized spacial score (nSPS) is 12.2. The summed E-state index contributed by atoms with van der Waals surface area (Å²) >= 11 is 5.85. The summed E-state index contributed by atoms with van der Waals surface area (Å²) in [4.78, 5) is 0. The van der Waals surface area contributed by atoms with Crippen LogP contribution >= 0.6 is 11.6 Å². The summed E-state index contributed by atoms with van der Waals surface area (Å²) in [6, 6.07) is 7.18. The van der Waals surface area contributed by atoms with Crippen LogP contribution in [-0.4, -0.2) is 26.6 Å². The zero-order valence-corrected chi connectivity index (χ0v) is 10.8. The molecule has 0 heterocycles. The Morgan fingerprint density at radius 1 is 1.35 bits per heavy atom. The van der Waals surface area contributed by atoms with Gasteiger partial charge in [0, 0.05) is 19.9 Å². The predicted octanol–water partition coefficient (Wildman–Crippen LogP) is 2.63. The molecule has 1 N–H and O–H groups in total. The number of rotatable bonds is 5. The molecule has 1 unspecified atom stereocenters. The van der Waals surface area contributed by atoms with Crippen molar-refractivity contribution >= 4 is 17.3 Å². The zero-order valence-electron chi connectivity index (χ0n) is 10.0. The lowest BCUT2D eigenvalue weighted by Crippen LogP contribution is -2.33. The molecule has 0 aromatic heterocycles. The molecule has 1 atom stereocenters. The van der Waals surface area contributed by atoms with E-state index >= 15 is 0 Å². The molecule has 17 heavy (non-hydrogen) atoms. The number of nitriles is 1. The fraction of sp³-hybridized carbons (Fsp3) is 0.417. The molecular formula is C12H15ClN2O2. The van der Waals surface area contributed by atoms with Gasteiger partial charge in [-0.3, -0.25) is 0 Å². The number of nitrogens with one attached hydrogen (secondary N) is 1. The molecule has 0 radical (unpaired) electrons. The van der Waals surface area contributed by atoms with Crippen molar-refractivity contribution < 1.29 is 9.47 Å². The van der Waals surface area contributed by atoms with Crippen molar-refractivity contribution in [2.24, 2.45) is 0 Å². The maximum atomic E-state index is 8.87. The first-order valence-corrected chi connectivity index (χ1v) is 5.52. The molecule has 0 spiro atoms. The third-order valence-electron chi connectivity index (χ3n) is 2.35. The Kier molecular flexibility index (Phi) is 5.23. The number of methoxy groups -OCH3 is 2. The summed E-state index contributed by atoms with van der Waals surface area (Å²) in [7, 11) is 3.16. The van der Waals surface area contributed by atoms with Gasteiger partial charge in [0.05, 0.1) is 16.6 Å². The summed E-state index contributed by atoms with van der Waals surface area (Å²) in [5.41, 5.74) is 1.24. The molecule has 0 amide bonds. The molecule has 0 saturated carbocycles. The van der Waals surface area contributed by atoms with Gasteiger partial charge >= 0.3 is 0 Å². The van der Waals surface area contributed by atoms with Crippen molar-refractivity contribution in [2.45, 2.75) is 19.3 Å². The standard InChI is InChI=1S/C12H15ClN2O2/c1-8(12(16-2)17-3)15-10-4-5-11(13)9(6-10)7-14/h4-6,8,12,15H,1-3H3. The molecule has 5 heteroatoms. The second kappa shape index (κ2) is 6.45. The molecule has 4 nitrogen and oxygen atoms in total. The Labute approximate surface area is 106 Å². The molecular weight excluding hydrogens is 240 g/mol. The topological polar surface area (TPSA) is 54.3 Å². The van der Waals surface area contributed by atoms with Crippen LogP contribution in [-0.2, 0) is 9.47 Å². The highest BCUT2D eigenvalue weighted by molar-refractivity contribution is 6.31. The minimum atomic E-state index is -0.351. The number of benzene rings is 1. The summed E-state index contributed by atoms with van der Waals surface area (Å²) in [6.45, 7) is 1.93. The van der Waals surface area contributed by atoms with Gasteiger partial charge < -0.3 is 14.8 Å². The molecule has 0 aliphatic carbocycles. The zero-order chi connectivity index (χ0) is 12.8. The smallest absolute Gasteiger partial charge is 0.176 e. The predicted molar refractivity (Wildman–Crippen MR) is 67.1 cm³/mol. The first-order valence-electron chi connectivity index (χ1n) is 5.14. The van der Waals surface area contributed by atoms with E-state index in [0.717, 1.165) is 5.69 Å². The van der Waals surface area contributed by atoms with E-state index in [-0.39, 0.29) is 12.3 Å². The van der Waals surface area contributed by atoms with Gasteiger partial charge in [-0.05, 0) is 25.1 Å². The molecule has 92 valence electrons. The Morgan fingerprint density at radius 3 is 2.53 bits per heavy atom. The highest BCUT2D eigenvalue weighted by Crippen LogP contribution is 2.20. The highest BCUT2D eigenvalue weighted by atomic mass is 35.5. The number of ether oxygens (including phenoxy) is 2. The summed E-state index contributed by atoms with van der Waals surface area (Å²) in [5, 5.41) is 12.5. The van der Waals surface area contributed by atoms with Crippen LogP contribution in [0, 0.1) is 11.3 Å². The van der Waals surface area contributed by atoms with Crippen LogP contribution < -0.4 is 5.32 Å². The van der Waals surface area contributed by atoms with E-state index in [0.29, 0.717) is 10.6 Å². The van der Waals surface area contributed by atoms with Gasteiger partial charge in [0.2, 0.25) is 0 Å². The van der Waals surface area contributed by atoms with E-state index < -0.39 is 0 Å². The molecule has 0 bridgehead atoms. The minimum absolute atomic E-state index is 0.0438. The van der Waals surface area contributed by atoms with Crippen LogP contribution in [0.25, 0.3) is 0 Å². The van der Waals surface area contributed by atoms with Gasteiger partial charge in [-0.25, -0.2) is 0 Å². The lowest BCUT2D eigenvalue weighted by molar-refractivity contribution is -0.109. The van der Waals surface area contributed by atoms with E-state index in [4.69, 9.17) is 26.3 Å². The maximum absolute atomic E-state index is 8.87. The van der Waals surface area contributed by atoms with E-state index in [1.807, 2.05) is 19.1 Å². The second-order valence-corrected chi connectivity index (χ2v) is 3.99. The Hall–Kier alpha value is -1.28. The fourth-order valence-corrected chi connectivity index (χ4v) is 1.70. The molecule has 0 aliphatic rings. The van der Waals surface area contributed by atoms with Gasteiger partial charge in [0.1, 0.15) is 6.07 Å². The van der Waals surface area contributed by atoms with Gasteiger partial charge in [-0.15, -0.1) is 0 Å². The van der Waals surface area contributed by atoms with Crippen LogP contribution in [0.5, 0.6) is 0 Å². The molecule has 1 aromatic carbocycles. The quantitative estimate of drug-likeness (QED) is 0.821. The van der Waals surface area contributed by atoms with Crippen LogP contribution in [0.15, 0.2) is 18.2 Å². The van der Waals surface area contributed by atoms with Crippen molar-refractivity contribution in [3.8, 4) is 6.07 Å². The molecule has 0 fully saturated rings.